The normalized spacial score (nSPS) is 11.7. The zero-order valence-electron chi connectivity index (χ0n) is 20.3. The van der Waals surface area contributed by atoms with Gasteiger partial charge in [0.15, 0.2) is 0 Å². The molecule has 0 saturated heterocycles. The molecule has 0 radical (unpaired) electrons. The van der Waals surface area contributed by atoms with Crippen molar-refractivity contribution in [2.75, 3.05) is 6.54 Å². The molecule has 0 heterocycles. The van der Waals surface area contributed by atoms with Crippen LogP contribution in [0.25, 0.3) is 0 Å². The van der Waals surface area contributed by atoms with E-state index in [2.05, 4.69) is 12.2 Å². The number of carbonyl (C=O) groups is 2. The standard InChI is InChI=1S/C29H32ClFN2O2/c1-3-4-17-32-29(35)27(18-22-9-6-5-7-10-22)33(20-23-15-13-21(2)14-16-23)28(34)19-24-25(30)11-8-12-26(24)31/h5-16,27H,3-4,17-20H2,1-2H3,(H,32,35)/t27-/m0/s1. The van der Waals surface area contributed by atoms with Crippen LogP contribution in [0.15, 0.2) is 72.8 Å². The maximum Gasteiger partial charge on any atom is 0.243 e. The third-order valence-corrected chi connectivity index (χ3v) is 6.32. The third kappa shape index (κ3) is 7.66. The fourth-order valence-corrected chi connectivity index (χ4v) is 4.13. The van der Waals surface area contributed by atoms with Gasteiger partial charge in [0.2, 0.25) is 11.8 Å². The van der Waals surface area contributed by atoms with Crippen LogP contribution in [0.3, 0.4) is 0 Å². The molecule has 1 atom stereocenters. The van der Waals surface area contributed by atoms with Crippen molar-refractivity contribution in [3.8, 4) is 0 Å². The highest BCUT2D eigenvalue weighted by atomic mass is 35.5. The van der Waals surface area contributed by atoms with E-state index in [0.29, 0.717) is 13.0 Å². The molecule has 0 aliphatic carbocycles. The zero-order chi connectivity index (χ0) is 25.2. The van der Waals surface area contributed by atoms with E-state index in [1.54, 1.807) is 11.0 Å². The summed E-state index contributed by atoms with van der Waals surface area (Å²) in [7, 11) is 0. The number of aryl methyl sites for hydroxylation is 1. The summed E-state index contributed by atoms with van der Waals surface area (Å²) in [6.07, 6.45) is 1.91. The zero-order valence-corrected chi connectivity index (χ0v) is 21.0. The molecular weight excluding hydrogens is 463 g/mol. The van der Waals surface area contributed by atoms with Gasteiger partial charge in [-0.15, -0.1) is 0 Å². The number of amides is 2. The van der Waals surface area contributed by atoms with E-state index in [-0.39, 0.29) is 35.4 Å². The highest BCUT2D eigenvalue weighted by Crippen LogP contribution is 2.22. The van der Waals surface area contributed by atoms with Gasteiger partial charge in [0.25, 0.3) is 0 Å². The van der Waals surface area contributed by atoms with Crippen LogP contribution in [0, 0.1) is 12.7 Å². The first-order valence-corrected chi connectivity index (χ1v) is 12.4. The SMILES string of the molecule is CCCCNC(=O)[C@H](Cc1ccccc1)N(Cc1ccc(C)cc1)C(=O)Cc1c(F)cccc1Cl. The maximum absolute atomic E-state index is 14.5. The minimum atomic E-state index is -0.756. The molecule has 184 valence electrons. The molecule has 3 rings (SSSR count). The first-order valence-electron chi connectivity index (χ1n) is 12.0. The number of nitrogens with one attached hydrogen (secondary N) is 1. The van der Waals surface area contributed by atoms with E-state index in [0.717, 1.165) is 29.5 Å². The molecule has 0 aromatic heterocycles. The van der Waals surface area contributed by atoms with Gasteiger partial charge in [-0.2, -0.15) is 0 Å². The Kier molecular flexibility index (Phi) is 9.86. The van der Waals surface area contributed by atoms with Crippen molar-refractivity contribution >= 4 is 23.4 Å². The first kappa shape index (κ1) is 26.4. The van der Waals surface area contributed by atoms with Gasteiger partial charge in [-0.1, -0.05) is 91.2 Å². The molecule has 1 N–H and O–H groups in total. The number of unbranched alkanes of at least 4 members (excludes halogenated alkanes) is 1. The molecule has 0 bridgehead atoms. The van der Waals surface area contributed by atoms with Crippen LogP contribution in [-0.2, 0) is 29.0 Å². The lowest BCUT2D eigenvalue weighted by Gasteiger charge is -2.32. The number of hydrogen-bond acceptors (Lipinski definition) is 2. The lowest BCUT2D eigenvalue weighted by molar-refractivity contribution is -0.140. The van der Waals surface area contributed by atoms with E-state index < -0.39 is 11.9 Å². The van der Waals surface area contributed by atoms with Crippen LogP contribution in [0.5, 0.6) is 0 Å². The molecule has 0 spiro atoms. The van der Waals surface area contributed by atoms with Crippen LogP contribution in [-0.4, -0.2) is 29.3 Å². The van der Waals surface area contributed by atoms with Crippen LogP contribution >= 0.6 is 11.6 Å². The molecule has 0 saturated carbocycles. The Hall–Kier alpha value is -3.18. The Morgan fingerprint density at radius 1 is 0.971 bits per heavy atom. The number of benzene rings is 3. The van der Waals surface area contributed by atoms with Gasteiger partial charge in [-0.05, 0) is 36.6 Å². The Morgan fingerprint density at radius 2 is 1.69 bits per heavy atom. The molecule has 4 nitrogen and oxygen atoms in total. The van der Waals surface area contributed by atoms with Crippen molar-refractivity contribution in [1.29, 1.82) is 0 Å². The Bertz CT molecular complexity index is 1100. The van der Waals surface area contributed by atoms with Gasteiger partial charge in [-0.3, -0.25) is 9.59 Å². The fourth-order valence-electron chi connectivity index (χ4n) is 3.90. The average molecular weight is 495 g/mol. The van der Waals surface area contributed by atoms with E-state index in [1.165, 1.54) is 12.1 Å². The van der Waals surface area contributed by atoms with Crippen LogP contribution < -0.4 is 5.32 Å². The summed E-state index contributed by atoms with van der Waals surface area (Å²) in [5.41, 5.74) is 3.07. The summed E-state index contributed by atoms with van der Waals surface area (Å²) in [6, 6.07) is 21.0. The third-order valence-electron chi connectivity index (χ3n) is 5.96. The highest BCUT2D eigenvalue weighted by molar-refractivity contribution is 6.31. The molecule has 0 fully saturated rings. The van der Waals surface area contributed by atoms with Gasteiger partial charge >= 0.3 is 0 Å². The second-order valence-corrected chi connectivity index (χ2v) is 9.14. The first-order chi connectivity index (χ1) is 16.9. The van der Waals surface area contributed by atoms with Gasteiger partial charge in [0.1, 0.15) is 11.9 Å². The molecule has 0 aliphatic rings. The summed E-state index contributed by atoms with van der Waals surface area (Å²) in [6.45, 7) is 4.81. The summed E-state index contributed by atoms with van der Waals surface area (Å²) >= 11 is 6.22. The molecule has 6 heteroatoms. The second-order valence-electron chi connectivity index (χ2n) is 8.73. The average Bonchev–Trinajstić information content (AvgIpc) is 2.85. The number of hydrogen-bond donors (Lipinski definition) is 1. The van der Waals surface area contributed by atoms with Gasteiger partial charge in [0, 0.05) is 30.1 Å². The van der Waals surface area contributed by atoms with Gasteiger partial charge < -0.3 is 10.2 Å². The van der Waals surface area contributed by atoms with E-state index in [1.807, 2.05) is 61.5 Å². The van der Waals surface area contributed by atoms with Crippen molar-refractivity contribution in [3.05, 3.63) is 106 Å². The van der Waals surface area contributed by atoms with Crippen molar-refractivity contribution in [2.24, 2.45) is 0 Å². The van der Waals surface area contributed by atoms with Crippen molar-refractivity contribution in [2.45, 2.75) is 52.1 Å². The molecule has 3 aromatic rings. The van der Waals surface area contributed by atoms with Gasteiger partial charge in [-0.25, -0.2) is 4.39 Å². The Morgan fingerprint density at radius 3 is 2.34 bits per heavy atom. The minimum Gasteiger partial charge on any atom is -0.354 e. The molecule has 35 heavy (non-hydrogen) atoms. The number of halogens is 2. The van der Waals surface area contributed by atoms with E-state index in [4.69, 9.17) is 11.6 Å². The number of nitrogens with zero attached hydrogens (tertiary/aromatic N) is 1. The summed E-state index contributed by atoms with van der Waals surface area (Å²) in [5, 5.41) is 3.18. The molecule has 3 aromatic carbocycles. The van der Waals surface area contributed by atoms with Crippen LogP contribution in [0.4, 0.5) is 4.39 Å². The Balaban J connectivity index is 1.97. The molecular formula is C29H32ClFN2O2. The van der Waals surface area contributed by atoms with Crippen LogP contribution in [0.2, 0.25) is 5.02 Å². The summed E-state index contributed by atoms with van der Waals surface area (Å²) in [4.78, 5) is 28.6. The van der Waals surface area contributed by atoms with Gasteiger partial charge in [0.05, 0.1) is 6.42 Å². The molecule has 2 amide bonds. The fraction of sp³-hybridized carbons (Fsp3) is 0.310. The predicted molar refractivity (Wildman–Crippen MR) is 139 cm³/mol. The molecule has 0 unspecified atom stereocenters. The van der Waals surface area contributed by atoms with Crippen LogP contribution in [0.1, 0.15) is 42.0 Å². The Labute approximate surface area is 212 Å². The molecule has 0 aliphatic heterocycles. The minimum absolute atomic E-state index is 0.137. The quantitative estimate of drug-likeness (QED) is 0.338. The highest BCUT2D eigenvalue weighted by Gasteiger charge is 2.31. The monoisotopic (exact) mass is 494 g/mol. The lowest BCUT2D eigenvalue weighted by atomic mass is 10.0. The van der Waals surface area contributed by atoms with E-state index >= 15 is 0 Å². The maximum atomic E-state index is 14.5. The largest absolute Gasteiger partial charge is 0.354 e. The lowest BCUT2D eigenvalue weighted by Crippen LogP contribution is -2.51. The topological polar surface area (TPSA) is 49.4 Å². The van der Waals surface area contributed by atoms with Crippen molar-refractivity contribution in [1.82, 2.24) is 10.2 Å². The summed E-state index contributed by atoms with van der Waals surface area (Å²) in [5.74, 6) is -1.11. The predicted octanol–water partition coefficient (Wildman–Crippen LogP) is 5.89. The smallest absolute Gasteiger partial charge is 0.243 e. The number of rotatable bonds is 11. The van der Waals surface area contributed by atoms with E-state index in [9.17, 15) is 14.0 Å². The number of carbonyl (C=O) groups excluding carboxylic acids is 2. The van der Waals surface area contributed by atoms with Crippen molar-refractivity contribution < 1.29 is 14.0 Å². The second kappa shape index (κ2) is 13.1. The van der Waals surface area contributed by atoms with Crippen molar-refractivity contribution in [3.63, 3.8) is 0 Å². The summed E-state index contributed by atoms with van der Waals surface area (Å²) < 4.78 is 14.5.